The van der Waals surface area contributed by atoms with Crippen molar-refractivity contribution in [2.45, 2.75) is 30.7 Å². The molecule has 1 amide bonds. The minimum Gasteiger partial charge on any atom is -0.326 e. The lowest BCUT2D eigenvalue weighted by Crippen LogP contribution is -2.33. The summed E-state index contributed by atoms with van der Waals surface area (Å²) in [7, 11) is -3.89. The molecule has 3 N–H and O–H groups in total. The van der Waals surface area contributed by atoms with Gasteiger partial charge in [0.15, 0.2) is 0 Å². The van der Waals surface area contributed by atoms with Crippen molar-refractivity contribution in [3.8, 4) is 0 Å². The fraction of sp³-hybridized carbons (Fsp3) is 0.462. The van der Waals surface area contributed by atoms with E-state index in [2.05, 4.69) is 15.4 Å². The number of hydrogen-bond acceptors (Lipinski definition) is 4. The van der Waals surface area contributed by atoms with Crippen LogP contribution in [0.15, 0.2) is 23.1 Å². The van der Waals surface area contributed by atoms with Crippen LogP contribution >= 0.6 is 0 Å². The highest BCUT2D eigenvalue weighted by atomic mass is 32.2. The Morgan fingerprint density at radius 1 is 1.33 bits per heavy atom. The standard InChI is InChI=1S/C13H18FN3O3S/c1-9(18)17-11-4-5-13(12(14)8-11)21(19,20)16-7-6-15-10-2-3-10/h4-5,8,10,15-16H,2-3,6-7H2,1H3,(H,17,18). The van der Waals surface area contributed by atoms with Gasteiger partial charge in [-0.25, -0.2) is 17.5 Å². The van der Waals surface area contributed by atoms with E-state index in [1.54, 1.807) is 0 Å². The maximum absolute atomic E-state index is 13.9. The second kappa shape index (κ2) is 6.50. The van der Waals surface area contributed by atoms with Gasteiger partial charge in [0.1, 0.15) is 10.7 Å². The maximum Gasteiger partial charge on any atom is 0.243 e. The van der Waals surface area contributed by atoms with Crippen LogP contribution in [-0.4, -0.2) is 33.5 Å². The SMILES string of the molecule is CC(=O)Nc1ccc(S(=O)(=O)NCCNC2CC2)c(F)c1. The molecule has 2 rings (SSSR count). The van der Waals surface area contributed by atoms with Crippen molar-refractivity contribution in [1.29, 1.82) is 0 Å². The van der Waals surface area contributed by atoms with Gasteiger partial charge in [-0.3, -0.25) is 4.79 Å². The monoisotopic (exact) mass is 315 g/mol. The molecule has 1 aromatic rings. The van der Waals surface area contributed by atoms with E-state index in [0.717, 1.165) is 25.0 Å². The van der Waals surface area contributed by atoms with Crippen LogP contribution in [0, 0.1) is 5.82 Å². The topological polar surface area (TPSA) is 87.3 Å². The van der Waals surface area contributed by atoms with E-state index in [1.807, 2.05) is 0 Å². The number of benzene rings is 1. The minimum absolute atomic E-state index is 0.200. The summed E-state index contributed by atoms with van der Waals surface area (Å²) in [6.07, 6.45) is 2.23. The third-order valence-corrected chi connectivity index (χ3v) is 4.46. The number of nitrogens with one attached hydrogen (secondary N) is 3. The molecule has 0 atom stereocenters. The molecule has 1 saturated carbocycles. The summed E-state index contributed by atoms with van der Waals surface area (Å²) in [5, 5.41) is 5.55. The van der Waals surface area contributed by atoms with Crippen molar-refractivity contribution in [1.82, 2.24) is 10.0 Å². The number of carbonyl (C=O) groups is 1. The first-order valence-electron chi connectivity index (χ1n) is 6.69. The quantitative estimate of drug-likeness (QED) is 0.650. The Kier molecular flexibility index (Phi) is 4.92. The van der Waals surface area contributed by atoms with Gasteiger partial charge in [-0.2, -0.15) is 0 Å². The van der Waals surface area contributed by atoms with E-state index >= 15 is 0 Å². The average Bonchev–Trinajstić information content (AvgIpc) is 3.17. The van der Waals surface area contributed by atoms with Gasteiger partial charge in [-0.15, -0.1) is 0 Å². The van der Waals surface area contributed by atoms with Gasteiger partial charge in [0.05, 0.1) is 0 Å². The summed E-state index contributed by atoms with van der Waals surface area (Å²) in [6.45, 7) is 2.00. The lowest BCUT2D eigenvalue weighted by molar-refractivity contribution is -0.114. The van der Waals surface area contributed by atoms with E-state index in [-0.39, 0.29) is 18.1 Å². The molecule has 0 heterocycles. The van der Waals surface area contributed by atoms with Gasteiger partial charge in [-0.1, -0.05) is 0 Å². The first-order valence-corrected chi connectivity index (χ1v) is 8.17. The van der Waals surface area contributed by atoms with E-state index in [9.17, 15) is 17.6 Å². The normalized spacial score (nSPS) is 15.0. The second-order valence-electron chi connectivity index (χ2n) is 4.95. The maximum atomic E-state index is 13.9. The highest BCUT2D eigenvalue weighted by Crippen LogP contribution is 2.19. The number of amides is 1. The second-order valence-corrected chi connectivity index (χ2v) is 6.69. The summed E-state index contributed by atoms with van der Waals surface area (Å²) in [4.78, 5) is 10.4. The highest BCUT2D eigenvalue weighted by molar-refractivity contribution is 7.89. The zero-order valence-corrected chi connectivity index (χ0v) is 12.5. The van der Waals surface area contributed by atoms with Gasteiger partial charge in [0.25, 0.3) is 0 Å². The van der Waals surface area contributed by atoms with Crippen LogP contribution in [-0.2, 0) is 14.8 Å². The Balaban J connectivity index is 1.99. The molecule has 1 aliphatic carbocycles. The number of anilines is 1. The molecule has 1 aromatic carbocycles. The summed E-state index contributed by atoms with van der Waals surface area (Å²) >= 11 is 0. The Bertz CT molecular complexity index is 630. The predicted molar refractivity (Wildman–Crippen MR) is 76.9 cm³/mol. The summed E-state index contributed by atoms with van der Waals surface area (Å²) in [5.74, 6) is -1.25. The molecule has 0 bridgehead atoms. The van der Waals surface area contributed by atoms with Crippen molar-refractivity contribution >= 4 is 21.6 Å². The Hall–Kier alpha value is -1.51. The molecule has 8 heteroatoms. The third kappa shape index (κ3) is 4.76. The van der Waals surface area contributed by atoms with Gasteiger partial charge >= 0.3 is 0 Å². The smallest absolute Gasteiger partial charge is 0.243 e. The van der Waals surface area contributed by atoms with Gasteiger partial charge in [-0.05, 0) is 31.0 Å². The lowest BCUT2D eigenvalue weighted by Gasteiger charge is -2.09. The zero-order valence-electron chi connectivity index (χ0n) is 11.6. The number of carbonyl (C=O) groups excluding carboxylic acids is 1. The largest absolute Gasteiger partial charge is 0.326 e. The van der Waals surface area contributed by atoms with Gasteiger partial charge < -0.3 is 10.6 Å². The molecule has 0 unspecified atom stereocenters. The lowest BCUT2D eigenvalue weighted by atomic mass is 10.3. The van der Waals surface area contributed by atoms with E-state index in [0.29, 0.717) is 12.6 Å². The molecule has 1 fully saturated rings. The van der Waals surface area contributed by atoms with Crippen LogP contribution in [0.5, 0.6) is 0 Å². The number of hydrogen-bond donors (Lipinski definition) is 3. The van der Waals surface area contributed by atoms with Crippen LogP contribution in [0.4, 0.5) is 10.1 Å². The van der Waals surface area contributed by atoms with E-state index < -0.39 is 20.7 Å². The molecule has 6 nitrogen and oxygen atoms in total. The van der Waals surface area contributed by atoms with E-state index in [1.165, 1.54) is 13.0 Å². The third-order valence-electron chi connectivity index (χ3n) is 2.97. The van der Waals surface area contributed by atoms with Crippen LogP contribution in [0.2, 0.25) is 0 Å². The van der Waals surface area contributed by atoms with Crippen LogP contribution in [0.25, 0.3) is 0 Å². The molecule has 0 aliphatic heterocycles. The molecule has 0 spiro atoms. The minimum atomic E-state index is -3.89. The molecule has 0 radical (unpaired) electrons. The molecule has 116 valence electrons. The number of halogens is 1. The van der Waals surface area contributed by atoms with Crippen molar-refractivity contribution in [3.63, 3.8) is 0 Å². The van der Waals surface area contributed by atoms with Gasteiger partial charge in [0, 0.05) is 31.7 Å². The molecular formula is C13H18FN3O3S. The summed E-state index contributed by atoms with van der Waals surface area (Å²) in [6, 6.07) is 3.96. The van der Waals surface area contributed by atoms with Crippen molar-refractivity contribution < 1.29 is 17.6 Å². The Labute approximate surface area is 123 Å². The first-order chi connectivity index (χ1) is 9.88. The van der Waals surface area contributed by atoms with Crippen LogP contribution < -0.4 is 15.4 Å². The Morgan fingerprint density at radius 3 is 2.62 bits per heavy atom. The molecule has 1 aliphatic rings. The number of sulfonamides is 1. The predicted octanol–water partition coefficient (Wildman–Crippen LogP) is 0.814. The molecular weight excluding hydrogens is 297 g/mol. The summed E-state index contributed by atoms with van der Waals surface area (Å²) in [5.41, 5.74) is 0.217. The van der Waals surface area contributed by atoms with Gasteiger partial charge in [0.2, 0.25) is 15.9 Å². The fourth-order valence-corrected chi connectivity index (χ4v) is 2.92. The first kappa shape index (κ1) is 15.9. The van der Waals surface area contributed by atoms with E-state index in [4.69, 9.17) is 0 Å². The van der Waals surface area contributed by atoms with Crippen molar-refractivity contribution in [2.24, 2.45) is 0 Å². The van der Waals surface area contributed by atoms with Crippen LogP contribution in [0.3, 0.4) is 0 Å². The molecule has 0 saturated heterocycles. The Morgan fingerprint density at radius 2 is 2.05 bits per heavy atom. The summed E-state index contributed by atoms with van der Waals surface area (Å²) < 4.78 is 40.2. The average molecular weight is 315 g/mol. The van der Waals surface area contributed by atoms with Crippen molar-refractivity contribution in [2.75, 3.05) is 18.4 Å². The molecule has 21 heavy (non-hydrogen) atoms. The van der Waals surface area contributed by atoms with Crippen LogP contribution in [0.1, 0.15) is 19.8 Å². The zero-order chi connectivity index (χ0) is 15.5. The fourth-order valence-electron chi connectivity index (χ4n) is 1.83. The number of rotatable bonds is 7. The highest BCUT2D eigenvalue weighted by Gasteiger charge is 2.21. The van der Waals surface area contributed by atoms with Crippen molar-refractivity contribution in [3.05, 3.63) is 24.0 Å². The molecule has 0 aromatic heterocycles.